The predicted molar refractivity (Wildman–Crippen MR) is 91.8 cm³/mol. The van der Waals surface area contributed by atoms with Gasteiger partial charge in [-0.3, -0.25) is 0 Å². The summed E-state index contributed by atoms with van der Waals surface area (Å²) in [5.41, 5.74) is 7.07. The number of ether oxygens (including phenoxy) is 1. The first-order valence-corrected chi connectivity index (χ1v) is 7.92. The average molecular weight is 338 g/mol. The van der Waals surface area contributed by atoms with Crippen molar-refractivity contribution in [3.8, 4) is 17.1 Å². The first kappa shape index (κ1) is 17.8. The molecule has 0 bridgehead atoms. The highest BCUT2D eigenvalue weighted by Gasteiger charge is 2.33. The van der Waals surface area contributed by atoms with Gasteiger partial charge in [-0.05, 0) is 36.9 Å². The molecule has 0 saturated heterocycles. The minimum atomic E-state index is 0. The van der Waals surface area contributed by atoms with Gasteiger partial charge in [0.25, 0.3) is 0 Å². The van der Waals surface area contributed by atoms with Crippen LogP contribution in [-0.4, -0.2) is 23.8 Å². The molecule has 0 atom stereocenters. The minimum absolute atomic E-state index is 0. The van der Waals surface area contributed by atoms with Crippen LogP contribution in [0.1, 0.15) is 38.0 Å². The summed E-state index contributed by atoms with van der Waals surface area (Å²) in [5.74, 6) is 2.08. The maximum atomic E-state index is 6.04. The summed E-state index contributed by atoms with van der Waals surface area (Å²) in [4.78, 5) is 4.55. The number of hydrogen-bond acceptors (Lipinski definition) is 5. The zero-order valence-electron chi connectivity index (χ0n) is 13.5. The van der Waals surface area contributed by atoms with Crippen molar-refractivity contribution < 1.29 is 9.26 Å². The molecule has 3 rings (SSSR count). The van der Waals surface area contributed by atoms with Crippen molar-refractivity contribution in [2.45, 2.75) is 38.5 Å². The number of rotatable bonds is 5. The monoisotopic (exact) mass is 337 g/mol. The standard InChI is InChI=1S/C17H23N3O2.ClH/c1-21-14-7-5-6-13(10-14)16-19-15(22-20-16)11-17(12-18)8-3-2-4-9-17;/h5-7,10H,2-4,8-9,11-12,18H2,1H3;1H. The van der Waals surface area contributed by atoms with Crippen molar-refractivity contribution in [2.75, 3.05) is 13.7 Å². The van der Waals surface area contributed by atoms with E-state index in [1.165, 1.54) is 19.3 Å². The van der Waals surface area contributed by atoms with Crippen LogP contribution in [-0.2, 0) is 6.42 Å². The Morgan fingerprint density at radius 2 is 2.04 bits per heavy atom. The lowest BCUT2D eigenvalue weighted by Gasteiger charge is -2.34. The SMILES string of the molecule is COc1cccc(-c2noc(CC3(CN)CCCCC3)n2)c1.Cl. The maximum Gasteiger partial charge on any atom is 0.227 e. The Kier molecular flexibility index (Phi) is 6.02. The van der Waals surface area contributed by atoms with Crippen LogP contribution in [0, 0.1) is 5.41 Å². The molecule has 1 aromatic carbocycles. The van der Waals surface area contributed by atoms with E-state index in [-0.39, 0.29) is 17.8 Å². The fourth-order valence-corrected chi connectivity index (χ4v) is 3.28. The fraction of sp³-hybridized carbons (Fsp3) is 0.529. The zero-order chi connectivity index (χ0) is 15.4. The Labute approximate surface area is 143 Å². The van der Waals surface area contributed by atoms with Crippen molar-refractivity contribution in [1.29, 1.82) is 0 Å². The lowest BCUT2D eigenvalue weighted by atomic mass is 9.72. The molecule has 1 fully saturated rings. The fourth-order valence-electron chi connectivity index (χ4n) is 3.28. The van der Waals surface area contributed by atoms with Crippen molar-refractivity contribution >= 4 is 12.4 Å². The summed E-state index contributed by atoms with van der Waals surface area (Å²) in [6.07, 6.45) is 6.88. The molecule has 1 saturated carbocycles. The molecule has 0 unspecified atom stereocenters. The number of nitrogens with zero attached hydrogens (tertiary/aromatic N) is 2. The summed E-state index contributed by atoms with van der Waals surface area (Å²) in [6.45, 7) is 0.684. The van der Waals surface area contributed by atoms with Gasteiger partial charge < -0.3 is 15.0 Å². The van der Waals surface area contributed by atoms with Gasteiger partial charge in [-0.25, -0.2) is 0 Å². The van der Waals surface area contributed by atoms with E-state index in [0.717, 1.165) is 30.6 Å². The van der Waals surface area contributed by atoms with Gasteiger partial charge in [-0.15, -0.1) is 12.4 Å². The molecule has 23 heavy (non-hydrogen) atoms. The van der Waals surface area contributed by atoms with Crippen molar-refractivity contribution in [2.24, 2.45) is 11.1 Å². The van der Waals surface area contributed by atoms with Gasteiger partial charge in [0.15, 0.2) is 0 Å². The van der Waals surface area contributed by atoms with Crippen molar-refractivity contribution in [3.63, 3.8) is 0 Å². The van der Waals surface area contributed by atoms with E-state index in [1.54, 1.807) is 7.11 Å². The molecule has 5 nitrogen and oxygen atoms in total. The Morgan fingerprint density at radius 3 is 2.74 bits per heavy atom. The normalized spacial score (nSPS) is 16.6. The topological polar surface area (TPSA) is 74.2 Å². The quantitative estimate of drug-likeness (QED) is 0.902. The Hall–Kier alpha value is -1.59. The average Bonchev–Trinajstić information content (AvgIpc) is 3.04. The van der Waals surface area contributed by atoms with Crippen LogP contribution in [0.25, 0.3) is 11.4 Å². The predicted octanol–water partition coefficient (Wildman–Crippen LogP) is 3.62. The van der Waals surface area contributed by atoms with E-state index in [2.05, 4.69) is 10.1 Å². The third kappa shape index (κ3) is 4.03. The van der Waals surface area contributed by atoms with Crippen LogP contribution in [0.2, 0.25) is 0 Å². The molecule has 126 valence electrons. The molecule has 0 radical (unpaired) electrons. The number of hydrogen-bond donors (Lipinski definition) is 1. The van der Waals surface area contributed by atoms with Gasteiger partial charge in [0.2, 0.25) is 11.7 Å². The van der Waals surface area contributed by atoms with Crippen molar-refractivity contribution in [3.05, 3.63) is 30.2 Å². The molecule has 0 aliphatic heterocycles. The van der Waals surface area contributed by atoms with Crippen molar-refractivity contribution in [1.82, 2.24) is 10.1 Å². The molecule has 1 aromatic heterocycles. The highest BCUT2D eigenvalue weighted by Crippen LogP contribution is 2.38. The second-order valence-corrected chi connectivity index (χ2v) is 6.19. The number of benzene rings is 1. The Balaban J connectivity index is 0.00000192. The smallest absolute Gasteiger partial charge is 0.227 e. The molecule has 2 aromatic rings. The molecule has 1 aliphatic rings. The number of nitrogens with two attached hydrogens (primary N) is 1. The van der Waals surface area contributed by atoms with Gasteiger partial charge >= 0.3 is 0 Å². The van der Waals surface area contributed by atoms with Gasteiger partial charge in [-0.1, -0.05) is 36.6 Å². The van der Waals surface area contributed by atoms with E-state index in [0.29, 0.717) is 18.3 Å². The highest BCUT2D eigenvalue weighted by molar-refractivity contribution is 5.85. The van der Waals surface area contributed by atoms with Gasteiger partial charge in [-0.2, -0.15) is 4.98 Å². The van der Waals surface area contributed by atoms with Gasteiger partial charge in [0, 0.05) is 12.0 Å². The van der Waals surface area contributed by atoms with E-state index in [4.69, 9.17) is 15.0 Å². The summed E-state index contributed by atoms with van der Waals surface area (Å²) in [6, 6.07) is 7.69. The maximum absolute atomic E-state index is 6.04. The minimum Gasteiger partial charge on any atom is -0.497 e. The van der Waals surface area contributed by atoms with E-state index in [1.807, 2.05) is 24.3 Å². The summed E-state index contributed by atoms with van der Waals surface area (Å²) in [7, 11) is 1.65. The molecular formula is C17H24ClN3O2. The third-order valence-electron chi connectivity index (χ3n) is 4.67. The molecule has 0 amide bonds. The molecular weight excluding hydrogens is 314 g/mol. The van der Waals surface area contributed by atoms with Gasteiger partial charge in [0.05, 0.1) is 7.11 Å². The Morgan fingerprint density at radius 1 is 1.26 bits per heavy atom. The lowest BCUT2D eigenvalue weighted by Crippen LogP contribution is -2.35. The number of aromatic nitrogens is 2. The molecule has 0 spiro atoms. The van der Waals surface area contributed by atoms with E-state index in [9.17, 15) is 0 Å². The van der Waals surface area contributed by atoms with Crippen LogP contribution < -0.4 is 10.5 Å². The first-order valence-electron chi connectivity index (χ1n) is 7.92. The number of methoxy groups -OCH3 is 1. The highest BCUT2D eigenvalue weighted by atomic mass is 35.5. The molecule has 6 heteroatoms. The summed E-state index contributed by atoms with van der Waals surface area (Å²) < 4.78 is 10.7. The largest absolute Gasteiger partial charge is 0.497 e. The zero-order valence-corrected chi connectivity index (χ0v) is 14.3. The van der Waals surface area contributed by atoms with E-state index < -0.39 is 0 Å². The second kappa shape index (κ2) is 7.79. The Bertz CT molecular complexity index is 624. The van der Waals surface area contributed by atoms with Crippen LogP contribution >= 0.6 is 12.4 Å². The van der Waals surface area contributed by atoms with Gasteiger partial charge in [0.1, 0.15) is 5.75 Å². The molecule has 1 aliphatic carbocycles. The lowest BCUT2D eigenvalue weighted by molar-refractivity contribution is 0.177. The summed E-state index contributed by atoms with van der Waals surface area (Å²) >= 11 is 0. The van der Waals surface area contributed by atoms with Crippen LogP contribution in [0.5, 0.6) is 5.75 Å². The van der Waals surface area contributed by atoms with Crippen LogP contribution in [0.4, 0.5) is 0 Å². The molecule has 2 N–H and O–H groups in total. The van der Waals surface area contributed by atoms with E-state index >= 15 is 0 Å². The van der Waals surface area contributed by atoms with Crippen LogP contribution in [0.15, 0.2) is 28.8 Å². The third-order valence-corrected chi connectivity index (χ3v) is 4.67. The second-order valence-electron chi connectivity index (χ2n) is 6.19. The first-order chi connectivity index (χ1) is 10.7. The summed E-state index contributed by atoms with van der Waals surface area (Å²) in [5, 5.41) is 4.11. The van der Waals surface area contributed by atoms with Crippen LogP contribution in [0.3, 0.4) is 0 Å². The molecule has 1 heterocycles. The number of halogens is 1.